The van der Waals surface area contributed by atoms with E-state index in [-0.39, 0.29) is 0 Å². The van der Waals surface area contributed by atoms with Crippen LogP contribution in [0, 0.1) is 17.8 Å². The monoisotopic (exact) mass is 415 g/mol. The van der Waals surface area contributed by atoms with Crippen molar-refractivity contribution >= 4 is 31.9 Å². The molecule has 2 aliphatic rings. The van der Waals surface area contributed by atoms with Crippen LogP contribution in [0.5, 0.6) is 5.75 Å². The van der Waals surface area contributed by atoms with E-state index in [0.717, 1.165) is 39.0 Å². The predicted molar refractivity (Wildman–Crippen MR) is 93.6 cm³/mol. The Morgan fingerprint density at radius 1 is 1.24 bits per heavy atom. The molecule has 2 bridgehead atoms. The molecule has 0 amide bonds. The van der Waals surface area contributed by atoms with Gasteiger partial charge in [0.15, 0.2) is 0 Å². The zero-order valence-corrected chi connectivity index (χ0v) is 15.8. The van der Waals surface area contributed by atoms with Crippen molar-refractivity contribution in [1.29, 1.82) is 0 Å². The molecule has 2 saturated carbocycles. The Bertz CT molecular complexity index is 497. The van der Waals surface area contributed by atoms with Gasteiger partial charge in [-0.15, -0.1) is 0 Å². The molecule has 21 heavy (non-hydrogen) atoms. The van der Waals surface area contributed by atoms with Crippen LogP contribution in [0.25, 0.3) is 0 Å². The van der Waals surface area contributed by atoms with Crippen molar-refractivity contribution in [2.24, 2.45) is 17.8 Å². The van der Waals surface area contributed by atoms with Gasteiger partial charge in [-0.3, -0.25) is 0 Å². The zero-order valence-electron chi connectivity index (χ0n) is 12.7. The van der Waals surface area contributed by atoms with E-state index in [0.29, 0.717) is 6.04 Å². The standard InChI is InChI=1S/C17H23Br2NO/c1-10(14-6-11-3-4-13(14)5-11)20-9-12-7-15(18)17(21-2)16(19)8-12/h7-8,10-11,13-14,20H,3-6,9H2,1-2H3. The largest absolute Gasteiger partial charge is 0.494 e. The van der Waals surface area contributed by atoms with Crippen molar-refractivity contribution in [2.45, 2.75) is 45.2 Å². The second-order valence-electron chi connectivity index (χ2n) is 6.60. The zero-order chi connectivity index (χ0) is 15.0. The van der Waals surface area contributed by atoms with Crippen LogP contribution in [0.3, 0.4) is 0 Å². The summed E-state index contributed by atoms with van der Waals surface area (Å²) in [6.07, 6.45) is 5.86. The molecule has 3 rings (SSSR count). The van der Waals surface area contributed by atoms with Crippen molar-refractivity contribution in [3.63, 3.8) is 0 Å². The quantitative estimate of drug-likeness (QED) is 0.717. The third kappa shape index (κ3) is 3.32. The lowest BCUT2D eigenvalue weighted by atomic mass is 9.84. The van der Waals surface area contributed by atoms with Gasteiger partial charge < -0.3 is 10.1 Å². The maximum atomic E-state index is 5.36. The van der Waals surface area contributed by atoms with Crippen LogP contribution in [0.2, 0.25) is 0 Å². The second kappa shape index (κ2) is 6.59. The van der Waals surface area contributed by atoms with Crippen LogP contribution in [0.15, 0.2) is 21.1 Å². The highest BCUT2D eigenvalue weighted by Crippen LogP contribution is 2.49. The van der Waals surface area contributed by atoms with E-state index in [2.05, 4.69) is 56.2 Å². The van der Waals surface area contributed by atoms with Crippen LogP contribution in [-0.2, 0) is 6.54 Å². The molecule has 0 spiro atoms. The van der Waals surface area contributed by atoms with Crippen LogP contribution in [0.4, 0.5) is 0 Å². The lowest BCUT2D eigenvalue weighted by Gasteiger charge is -2.28. The average Bonchev–Trinajstić information content (AvgIpc) is 3.07. The third-order valence-corrected chi connectivity index (χ3v) is 6.50. The van der Waals surface area contributed by atoms with Gasteiger partial charge in [0.1, 0.15) is 5.75 Å². The van der Waals surface area contributed by atoms with Gasteiger partial charge in [-0.2, -0.15) is 0 Å². The van der Waals surface area contributed by atoms with E-state index in [1.807, 2.05) is 0 Å². The van der Waals surface area contributed by atoms with Crippen LogP contribution < -0.4 is 10.1 Å². The van der Waals surface area contributed by atoms with Crippen LogP contribution in [-0.4, -0.2) is 13.2 Å². The first-order valence-corrected chi connectivity index (χ1v) is 9.42. The van der Waals surface area contributed by atoms with Crippen molar-refractivity contribution < 1.29 is 4.74 Å². The fourth-order valence-electron chi connectivity index (χ4n) is 4.25. The normalized spacial score (nSPS) is 28.9. The summed E-state index contributed by atoms with van der Waals surface area (Å²) < 4.78 is 7.36. The molecule has 1 aromatic rings. The van der Waals surface area contributed by atoms with E-state index in [1.165, 1.54) is 31.2 Å². The lowest BCUT2D eigenvalue weighted by Crippen LogP contribution is -2.35. The first-order chi connectivity index (χ1) is 10.1. The molecule has 4 heteroatoms. The Balaban J connectivity index is 1.60. The Hall–Kier alpha value is -0.0600. The molecule has 2 nitrogen and oxygen atoms in total. The Kier molecular flexibility index (Phi) is 4.97. The molecule has 2 aliphatic carbocycles. The number of hydrogen-bond acceptors (Lipinski definition) is 2. The van der Waals surface area contributed by atoms with Gasteiger partial charge in [0.25, 0.3) is 0 Å². The SMILES string of the molecule is COc1c(Br)cc(CNC(C)C2CC3CCC2C3)cc1Br. The van der Waals surface area contributed by atoms with Gasteiger partial charge in [-0.1, -0.05) is 6.42 Å². The summed E-state index contributed by atoms with van der Waals surface area (Å²) in [7, 11) is 1.69. The molecule has 0 aliphatic heterocycles. The molecular weight excluding hydrogens is 394 g/mol. The van der Waals surface area contributed by atoms with Gasteiger partial charge in [0.05, 0.1) is 16.1 Å². The number of hydrogen-bond donors (Lipinski definition) is 1. The first kappa shape index (κ1) is 15.8. The van der Waals surface area contributed by atoms with Gasteiger partial charge in [0, 0.05) is 12.6 Å². The fourth-order valence-corrected chi connectivity index (χ4v) is 5.85. The number of nitrogens with one attached hydrogen (secondary N) is 1. The summed E-state index contributed by atoms with van der Waals surface area (Å²) in [5.41, 5.74) is 1.28. The number of ether oxygens (including phenoxy) is 1. The van der Waals surface area contributed by atoms with Crippen molar-refractivity contribution in [3.8, 4) is 5.75 Å². The number of rotatable bonds is 5. The second-order valence-corrected chi connectivity index (χ2v) is 8.31. The molecule has 4 unspecified atom stereocenters. The molecular formula is C17H23Br2NO. The van der Waals surface area contributed by atoms with Crippen molar-refractivity contribution in [1.82, 2.24) is 5.32 Å². The minimum Gasteiger partial charge on any atom is -0.494 e. The molecule has 2 fully saturated rings. The number of methoxy groups -OCH3 is 1. The van der Waals surface area contributed by atoms with Crippen molar-refractivity contribution in [2.75, 3.05) is 7.11 Å². The minimum atomic E-state index is 0.611. The van der Waals surface area contributed by atoms with Crippen LogP contribution in [0.1, 0.15) is 38.2 Å². The maximum absolute atomic E-state index is 5.36. The lowest BCUT2D eigenvalue weighted by molar-refractivity contribution is 0.259. The number of fused-ring (bicyclic) bond motifs is 2. The number of benzene rings is 1. The molecule has 4 atom stereocenters. The Morgan fingerprint density at radius 2 is 1.95 bits per heavy atom. The molecule has 1 N–H and O–H groups in total. The molecule has 0 radical (unpaired) electrons. The van der Waals surface area contributed by atoms with E-state index in [9.17, 15) is 0 Å². The third-order valence-electron chi connectivity index (χ3n) is 5.33. The van der Waals surface area contributed by atoms with E-state index >= 15 is 0 Å². The Labute approximate surface area is 144 Å². The highest BCUT2D eigenvalue weighted by Gasteiger charge is 2.41. The number of halogens is 2. The molecule has 0 saturated heterocycles. The minimum absolute atomic E-state index is 0.611. The maximum Gasteiger partial charge on any atom is 0.147 e. The summed E-state index contributed by atoms with van der Waals surface area (Å²) in [4.78, 5) is 0. The summed E-state index contributed by atoms with van der Waals surface area (Å²) in [5, 5.41) is 3.74. The molecule has 0 aromatic heterocycles. The highest BCUT2D eigenvalue weighted by molar-refractivity contribution is 9.11. The van der Waals surface area contributed by atoms with Gasteiger partial charge in [-0.25, -0.2) is 0 Å². The van der Waals surface area contributed by atoms with Crippen molar-refractivity contribution in [3.05, 3.63) is 26.6 Å². The Morgan fingerprint density at radius 3 is 2.48 bits per heavy atom. The van der Waals surface area contributed by atoms with E-state index in [4.69, 9.17) is 4.74 Å². The van der Waals surface area contributed by atoms with E-state index in [1.54, 1.807) is 7.11 Å². The summed E-state index contributed by atoms with van der Waals surface area (Å²) in [5.74, 6) is 3.74. The molecule has 1 aromatic carbocycles. The summed E-state index contributed by atoms with van der Waals surface area (Å²) >= 11 is 7.15. The van der Waals surface area contributed by atoms with Crippen LogP contribution >= 0.6 is 31.9 Å². The smallest absolute Gasteiger partial charge is 0.147 e. The summed E-state index contributed by atoms with van der Waals surface area (Å²) in [6, 6.07) is 4.90. The van der Waals surface area contributed by atoms with Gasteiger partial charge >= 0.3 is 0 Å². The molecule has 0 heterocycles. The van der Waals surface area contributed by atoms with E-state index < -0.39 is 0 Å². The predicted octanol–water partition coefficient (Wildman–Crippen LogP) is 5.13. The van der Waals surface area contributed by atoms with Gasteiger partial charge in [0.2, 0.25) is 0 Å². The highest BCUT2D eigenvalue weighted by atomic mass is 79.9. The fraction of sp³-hybridized carbons (Fsp3) is 0.647. The van der Waals surface area contributed by atoms with Gasteiger partial charge in [-0.05, 0) is 93.5 Å². The summed E-state index contributed by atoms with van der Waals surface area (Å²) in [6.45, 7) is 3.27. The molecule has 116 valence electrons. The topological polar surface area (TPSA) is 21.3 Å². The first-order valence-electron chi connectivity index (χ1n) is 7.83. The average molecular weight is 417 g/mol.